The summed E-state index contributed by atoms with van der Waals surface area (Å²) in [5.74, 6) is 0.459. The van der Waals surface area contributed by atoms with E-state index < -0.39 is 0 Å². The quantitative estimate of drug-likeness (QED) is 0.900. The van der Waals surface area contributed by atoms with Gasteiger partial charge in [0.05, 0.1) is 0 Å². The lowest BCUT2D eigenvalue weighted by atomic mass is 10.1. The van der Waals surface area contributed by atoms with Crippen molar-refractivity contribution in [3.63, 3.8) is 0 Å². The molecule has 2 rings (SSSR count). The van der Waals surface area contributed by atoms with Crippen molar-refractivity contribution >= 4 is 5.69 Å². The zero-order valence-corrected chi connectivity index (χ0v) is 13.5. The zero-order valence-electron chi connectivity index (χ0n) is 13.5. The Balaban J connectivity index is 2.09. The van der Waals surface area contributed by atoms with Gasteiger partial charge in [0.15, 0.2) is 0 Å². The molecule has 0 unspecified atom stereocenters. The minimum absolute atomic E-state index is 0.146. The molecule has 1 aromatic rings. The molecule has 118 valence electrons. The summed E-state index contributed by atoms with van der Waals surface area (Å²) in [5.41, 5.74) is 2.25. The van der Waals surface area contributed by atoms with Crippen LogP contribution < -0.4 is 10.2 Å². The molecule has 0 amide bonds. The van der Waals surface area contributed by atoms with E-state index in [1.165, 1.54) is 5.69 Å². The fourth-order valence-electron chi connectivity index (χ4n) is 2.79. The Morgan fingerprint density at radius 3 is 2.76 bits per heavy atom. The third kappa shape index (κ3) is 4.97. The molecule has 4 heteroatoms. The minimum Gasteiger partial charge on any atom is -0.370 e. The van der Waals surface area contributed by atoms with Crippen LogP contribution in [0.1, 0.15) is 25.8 Å². The molecule has 1 aromatic carbocycles. The van der Waals surface area contributed by atoms with Crippen molar-refractivity contribution in [2.45, 2.75) is 26.8 Å². The van der Waals surface area contributed by atoms with Crippen molar-refractivity contribution in [1.29, 1.82) is 0 Å². The standard InChI is InChI=1S/C17H28FN3/c1-14(2)12-19-13-15-11-16(18)5-6-17(15)21-8-4-7-20(3)9-10-21/h5-6,11,14,19H,4,7-10,12-13H2,1-3H3. The van der Waals surface area contributed by atoms with Gasteiger partial charge in [0.2, 0.25) is 0 Å². The van der Waals surface area contributed by atoms with E-state index in [0.29, 0.717) is 5.92 Å². The average Bonchev–Trinajstić information content (AvgIpc) is 2.63. The van der Waals surface area contributed by atoms with Crippen LogP contribution in [-0.2, 0) is 6.54 Å². The monoisotopic (exact) mass is 293 g/mol. The number of nitrogens with zero attached hydrogens (tertiary/aromatic N) is 2. The summed E-state index contributed by atoms with van der Waals surface area (Å²) in [7, 11) is 2.17. The van der Waals surface area contributed by atoms with Gasteiger partial charge in [0, 0.05) is 31.9 Å². The van der Waals surface area contributed by atoms with Crippen molar-refractivity contribution in [2.24, 2.45) is 5.92 Å². The summed E-state index contributed by atoms with van der Waals surface area (Å²) >= 11 is 0. The third-order valence-corrected chi connectivity index (χ3v) is 3.97. The normalized spacial score (nSPS) is 17.3. The van der Waals surface area contributed by atoms with Crippen molar-refractivity contribution in [3.8, 4) is 0 Å². The Morgan fingerprint density at radius 2 is 2.00 bits per heavy atom. The smallest absolute Gasteiger partial charge is 0.123 e. The predicted molar refractivity (Wildman–Crippen MR) is 87.3 cm³/mol. The molecule has 0 atom stereocenters. The van der Waals surface area contributed by atoms with Gasteiger partial charge >= 0.3 is 0 Å². The molecule has 1 N–H and O–H groups in total. The molecule has 1 fully saturated rings. The fraction of sp³-hybridized carbons (Fsp3) is 0.647. The van der Waals surface area contributed by atoms with Gasteiger partial charge in [-0.25, -0.2) is 4.39 Å². The van der Waals surface area contributed by atoms with Crippen LogP contribution in [0.5, 0.6) is 0 Å². The van der Waals surface area contributed by atoms with E-state index in [1.807, 2.05) is 6.07 Å². The van der Waals surface area contributed by atoms with Crippen LogP contribution in [0.2, 0.25) is 0 Å². The van der Waals surface area contributed by atoms with E-state index >= 15 is 0 Å². The predicted octanol–water partition coefficient (Wildman–Crippen LogP) is 2.71. The lowest BCUT2D eigenvalue weighted by Crippen LogP contribution is -2.30. The van der Waals surface area contributed by atoms with Crippen molar-refractivity contribution in [1.82, 2.24) is 10.2 Å². The maximum atomic E-state index is 13.6. The third-order valence-electron chi connectivity index (χ3n) is 3.97. The van der Waals surface area contributed by atoms with E-state index in [4.69, 9.17) is 0 Å². The number of benzene rings is 1. The van der Waals surface area contributed by atoms with Gasteiger partial charge in [0.1, 0.15) is 5.82 Å². The molecule has 0 aliphatic carbocycles. The van der Waals surface area contributed by atoms with Crippen molar-refractivity contribution in [3.05, 3.63) is 29.6 Å². The van der Waals surface area contributed by atoms with Crippen LogP contribution in [-0.4, -0.2) is 44.7 Å². The first-order valence-electron chi connectivity index (χ1n) is 7.99. The number of rotatable bonds is 5. The Kier molecular flexibility index (Phi) is 6.00. The molecular formula is C17H28FN3. The second-order valence-electron chi connectivity index (χ2n) is 6.44. The summed E-state index contributed by atoms with van der Waals surface area (Å²) in [6.07, 6.45) is 1.16. The number of hydrogen-bond donors (Lipinski definition) is 1. The molecule has 0 bridgehead atoms. The summed E-state index contributed by atoms with van der Waals surface area (Å²) < 4.78 is 13.6. The maximum Gasteiger partial charge on any atom is 0.123 e. The van der Waals surface area contributed by atoms with E-state index in [-0.39, 0.29) is 5.82 Å². The van der Waals surface area contributed by atoms with E-state index in [1.54, 1.807) is 12.1 Å². The summed E-state index contributed by atoms with van der Waals surface area (Å²) in [6.45, 7) is 10.3. The minimum atomic E-state index is -0.146. The molecule has 0 radical (unpaired) electrons. The first-order chi connectivity index (χ1) is 10.1. The van der Waals surface area contributed by atoms with E-state index in [9.17, 15) is 4.39 Å². The molecule has 1 aliphatic heterocycles. The lowest BCUT2D eigenvalue weighted by Gasteiger charge is -2.26. The van der Waals surface area contributed by atoms with Crippen LogP contribution >= 0.6 is 0 Å². The first kappa shape index (κ1) is 16.2. The Hall–Kier alpha value is -1.13. The van der Waals surface area contributed by atoms with Gasteiger partial charge in [-0.1, -0.05) is 13.8 Å². The van der Waals surface area contributed by atoms with Gasteiger partial charge in [-0.05, 0) is 56.2 Å². The summed E-state index contributed by atoms with van der Waals surface area (Å²) in [5, 5.41) is 3.43. The van der Waals surface area contributed by atoms with Crippen LogP contribution in [0.3, 0.4) is 0 Å². The highest BCUT2D eigenvalue weighted by Gasteiger charge is 2.16. The van der Waals surface area contributed by atoms with E-state index in [2.05, 4.69) is 36.0 Å². The molecule has 21 heavy (non-hydrogen) atoms. The van der Waals surface area contributed by atoms with Crippen LogP contribution in [0, 0.1) is 11.7 Å². The van der Waals surface area contributed by atoms with Gasteiger partial charge in [-0.2, -0.15) is 0 Å². The summed E-state index contributed by atoms with van der Waals surface area (Å²) in [4.78, 5) is 4.76. The fourth-order valence-corrected chi connectivity index (χ4v) is 2.79. The first-order valence-corrected chi connectivity index (χ1v) is 7.99. The lowest BCUT2D eigenvalue weighted by molar-refractivity contribution is 0.360. The maximum absolute atomic E-state index is 13.6. The molecule has 1 saturated heterocycles. The molecule has 0 spiro atoms. The number of nitrogens with one attached hydrogen (secondary N) is 1. The van der Waals surface area contributed by atoms with Crippen LogP contribution in [0.25, 0.3) is 0 Å². The highest BCUT2D eigenvalue weighted by molar-refractivity contribution is 5.54. The van der Waals surface area contributed by atoms with Crippen molar-refractivity contribution in [2.75, 3.05) is 44.7 Å². The number of hydrogen-bond acceptors (Lipinski definition) is 3. The number of likely N-dealkylation sites (N-methyl/N-ethyl adjacent to an activating group) is 1. The van der Waals surface area contributed by atoms with Gasteiger partial charge < -0.3 is 15.1 Å². The molecular weight excluding hydrogens is 265 g/mol. The van der Waals surface area contributed by atoms with E-state index in [0.717, 1.165) is 51.3 Å². The molecule has 3 nitrogen and oxygen atoms in total. The SMILES string of the molecule is CC(C)CNCc1cc(F)ccc1N1CCCN(C)CC1. The average molecular weight is 293 g/mol. The Labute approximate surface area is 128 Å². The van der Waals surface area contributed by atoms with Gasteiger partial charge in [-0.15, -0.1) is 0 Å². The second kappa shape index (κ2) is 7.76. The van der Waals surface area contributed by atoms with Crippen LogP contribution in [0.15, 0.2) is 18.2 Å². The largest absolute Gasteiger partial charge is 0.370 e. The van der Waals surface area contributed by atoms with Gasteiger partial charge in [-0.3, -0.25) is 0 Å². The molecule has 0 saturated carbocycles. The van der Waals surface area contributed by atoms with Gasteiger partial charge in [0.25, 0.3) is 0 Å². The summed E-state index contributed by atoms with van der Waals surface area (Å²) in [6, 6.07) is 5.19. The Morgan fingerprint density at radius 1 is 1.19 bits per heavy atom. The number of halogens is 1. The van der Waals surface area contributed by atoms with Crippen molar-refractivity contribution < 1.29 is 4.39 Å². The highest BCUT2D eigenvalue weighted by atomic mass is 19.1. The molecule has 1 aliphatic rings. The zero-order chi connectivity index (χ0) is 15.2. The number of anilines is 1. The second-order valence-corrected chi connectivity index (χ2v) is 6.44. The Bertz CT molecular complexity index is 448. The highest BCUT2D eigenvalue weighted by Crippen LogP contribution is 2.23. The molecule has 1 heterocycles. The topological polar surface area (TPSA) is 18.5 Å². The molecule has 0 aromatic heterocycles. The van der Waals surface area contributed by atoms with Crippen LogP contribution in [0.4, 0.5) is 10.1 Å².